The van der Waals surface area contributed by atoms with Gasteiger partial charge in [-0.05, 0) is 43.7 Å². The van der Waals surface area contributed by atoms with Crippen LogP contribution in [0.5, 0.6) is 0 Å². The number of hydrogen-bond acceptors (Lipinski definition) is 2. The van der Waals surface area contributed by atoms with E-state index in [1.165, 1.54) is 12.1 Å². The Hall–Kier alpha value is -2.36. The third kappa shape index (κ3) is 3.81. The lowest BCUT2D eigenvalue weighted by molar-refractivity contribution is -0.135. The summed E-state index contributed by atoms with van der Waals surface area (Å²) in [7, 11) is 0. The maximum Gasteiger partial charge on any atom is 0.323 e. The molecule has 2 aromatic rings. The molecule has 0 fully saturated rings. The smallest absolute Gasteiger partial charge is 0.323 e. The minimum Gasteiger partial charge on any atom is -0.480 e. The number of halogens is 1. The number of nitrogens with zero attached hydrogens (tertiary/aromatic N) is 1. The van der Waals surface area contributed by atoms with Gasteiger partial charge in [-0.2, -0.15) is 0 Å². The van der Waals surface area contributed by atoms with Crippen LogP contribution in [0.4, 0.5) is 10.1 Å². The molecule has 2 aromatic carbocycles. The molecule has 2 rings (SSSR count). The first kappa shape index (κ1) is 15.0. The molecule has 0 saturated carbocycles. The molecule has 3 nitrogen and oxygen atoms in total. The summed E-state index contributed by atoms with van der Waals surface area (Å²) in [4.78, 5) is 12.9. The molecule has 0 radical (unpaired) electrons. The largest absolute Gasteiger partial charge is 0.480 e. The fourth-order valence-electron chi connectivity index (χ4n) is 2.26. The van der Waals surface area contributed by atoms with Gasteiger partial charge in [-0.25, -0.2) is 4.39 Å². The lowest BCUT2D eigenvalue weighted by Crippen LogP contribution is -2.32. The van der Waals surface area contributed by atoms with Crippen LogP contribution in [0.15, 0.2) is 48.5 Å². The van der Waals surface area contributed by atoms with Gasteiger partial charge in [0.05, 0.1) is 6.04 Å². The van der Waals surface area contributed by atoms with Gasteiger partial charge in [-0.3, -0.25) is 4.79 Å². The first-order chi connectivity index (χ1) is 9.97. The predicted molar refractivity (Wildman–Crippen MR) is 81.0 cm³/mol. The van der Waals surface area contributed by atoms with Crippen molar-refractivity contribution in [1.29, 1.82) is 0 Å². The maximum atomic E-state index is 13.0. The number of rotatable bonds is 5. The zero-order valence-electron chi connectivity index (χ0n) is 12.1. The molecule has 21 heavy (non-hydrogen) atoms. The highest BCUT2D eigenvalue weighted by atomic mass is 19.1. The number of aliphatic carboxylic acids is 1. The van der Waals surface area contributed by atoms with Gasteiger partial charge in [0.2, 0.25) is 0 Å². The number of carboxylic acids is 1. The Labute approximate surface area is 123 Å². The van der Waals surface area contributed by atoms with Crippen molar-refractivity contribution in [2.45, 2.75) is 19.9 Å². The van der Waals surface area contributed by atoms with Crippen LogP contribution < -0.4 is 4.90 Å². The minimum atomic E-state index is -0.899. The van der Waals surface area contributed by atoms with Crippen molar-refractivity contribution in [3.8, 4) is 0 Å². The summed E-state index contributed by atoms with van der Waals surface area (Å²) in [6, 6.07) is 13.7. The lowest BCUT2D eigenvalue weighted by atomic mass is 10.1. The Bertz CT molecular complexity index is 608. The van der Waals surface area contributed by atoms with E-state index in [2.05, 4.69) is 0 Å². The van der Waals surface area contributed by atoms with Crippen LogP contribution in [0.1, 0.15) is 24.1 Å². The van der Waals surface area contributed by atoms with Crippen LogP contribution in [-0.2, 0) is 4.79 Å². The van der Waals surface area contributed by atoms with E-state index in [1.54, 1.807) is 17.0 Å². The molecule has 0 aliphatic rings. The van der Waals surface area contributed by atoms with Crippen molar-refractivity contribution in [3.63, 3.8) is 0 Å². The highest BCUT2D eigenvalue weighted by Crippen LogP contribution is 2.27. The molecule has 110 valence electrons. The topological polar surface area (TPSA) is 40.5 Å². The van der Waals surface area contributed by atoms with Crippen molar-refractivity contribution in [1.82, 2.24) is 0 Å². The Kier molecular flexibility index (Phi) is 4.58. The highest BCUT2D eigenvalue weighted by Gasteiger charge is 2.19. The third-order valence-corrected chi connectivity index (χ3v) is 3.49. The van der Waals surface area contributed by atoms with Crippen molar-refractivity contribution in [2.24, 2.45) is 0 Å². The molecule has 0 saturated heterocycles. The van der Waals surface area contributed by atoms with Crippen molar-refractivity contribution >= 4 is 11.7 Å². The quantitative estimate of drug-likeness (QED) is 0.909. The number of carbonyl (C=O) groups is 1. The number of benzene rings is 2. The normalized spacial score (nSPS) is 12.0. The summed E-state index contributed by atoms with van der Waals surface area (Å²) in [5.41, 5.74) is 2.82. The van der Waals surface area contributed by atoms with E-state index in [0.717, 1.165) is 16.8 Å². The van der Waals surface area contributed by atoms with E-state index < -0.39 is 5.97 Å². The number of aryl methyl sites for hydroxylation is 1. The second-order valence-electron chi connectivity index (χ2n) is 5.08. The number of carboxylic acid groups (broad SMARTS) is 1. The molecule has 0 amide bonds. The molecule has 0 bridgehead atoms. The second-order valence-corrected chi connectivity index (χ2v) is 5.08. The summed E-state index contributed by atoms with van der Waals surface area (Å²) < 4.78 is 13.0. The van der Waals surface area contributed by atoms with E-state index >= 15 is 0 Å². The third-order valence-electron chi connectivity index (χ3n) is 3.49. The molecule has 0 aliphatic carbocycles. The van der Waals surface area contributed by atoms with Crippen molar-refractivity contribution in [2.75, 3.05) is 11.4 Å². The molecule has 0 spiro atoms. The molecule has 1 unspecified atom stereocenters. The number of hydrogen-bond donors (Lipinski definition) is 1. The zero-order chi connectivity index (χ0) is 15.4. The first-order valence-corrected chi connectivity index (χ1v) is 6.78. The van der Waals surface area contributed by atoms with Gasteiger partial charge in [-0.1, -0.05) is 29.8 Å². The summed E-state index contributed by atoms with van der Waals surface area (Å²) in [6.45, 7) is 3.78. The Balaban J connectivity index is 2.32. The molecule has 0 heterocycles. The number of anilines is 1. The van der Waals surface area contributed by atoms with E-state index in [0.29, 0.717) is 0 Å². The summed E-state index contributed by atoms with van der Waals surface area (Å²) in [5, 5.41) is 9.14. The van der Waals surface area contributed by atoms with E-state index in [1.807, 2.05) is 38.1 Å². The Morgan fingerprint density at radius 1 is 1.14 bits per heavy atom. The van der Waals surface area contributed by atoms with Gasteiger partial charge >= 0.3 is 5.97 Å². The Morgan fingerprint density at radius 2 is 1.71 bits per heavy atom. The van der Waals surface area contributed by atoms with Gasteiger partial charge in [-0.15, -0.1) is 0 Å². The van der Waals surface area contributed by atoms with Crippen LogP contribution in [0.25, 0.3) is 0 Å². The predicted octanol–water partition coefficient (Wildman–Crippen LogP) is 3.79. The second kappa shape index (κ2) is 6.39. The van der Waals surface area contributed by atoms with E-state index in [9.17, 15) is 9.18 Å². The van der Waals surface area contributed by atoms with Gasteiger partial charge in [0.25, 0.3) is 0 Å². The minimum absolute atomic E-state index is 0.110. The fourth-order valence-corrected chi connectivity index (χ4v) is 2.26. The van der Waals surface area contributed by atoms with Crippen LogP contribution in [0.3, 0.4) is 0 Å². The van der Waals surface area contributed by atoms with Gasteiger partial charge < -0.3 is 10.0 Å². The summed E-state index contributed by atoms with van der Waals surface area (Å²) in [6.07, 6.45) is 0. The standard InChI is InChI=1S/C17H18FNO2/c1-12-3-9-16(10-4-12)19(11-17(20)21)13(2)14-5-7-15(18)8-6-14/h3-10,13H,11H2,1-2H3,(H,20,21). The molecule has 1 atom stereocenters. The van der Waals surface area contributed by atoms with E-state index in [4.69, 9.17) is 5.11 Å². The Morgan fingerprint density at radius 3 is 2.24 bits per heavy atom. The summed E-state index contributed by atoms with van der Waals surface area (Å²) >= 11 is 0. The fraction of sp³-hybridized carbons (Fsp3) is 0.235. The first-order valence-electron chi connectivity index (χ1n) is 6.78. The molecule has 0 aromatic heterocycles. The molecule has 4 heteroatoms. The molecular formula is C17H18FNO2. The molecular weight excluding hydrogens is 269 g/mol. The van der Waals surface area contributed by atoms with Crippen molar-refractivity contribution < 1.29 is 14.3 Å². The zero-order valence-corrected chi connectivity index (χ0v) is 12.1. The van der Waals surface area contributed by atoms with Crippen LogP contribution in [-0.4, -0.2) is 17.6 Å². The van der Waals surface area contributed by atoms with Crippen LogP contribution >= 0.6 is 0 Å². The SMILES string of the molecule is Cc1ccc(N(CC(=O)O)C(C)c2ccc(F)cc2)cc1. The van der Waals surface area contributed by atoms with Gasteiger partial charge in [0.1, 0.15) is 12.4 Å². The van der Waals surface area contributed by atoms with Crippen molar-refractivity contribution in [3.05, 3.63) is 65.5 Å². The maximum absolute atomic E-state index is 13.0. The molecule has 1 N–H and O–H groups in total. The van der Waals surface area contributed by atoms with Crippen LogP contribution in [0, 0.1) is 12.7 Å². The van der Waals surface area contributed by atoms with E-state index in [-0.39, 0.29) is 18.4 Å². The van der Waals surface area contributed by atoms with Crippen LogP contribution in [0.2, 0.25) is 0 Å². The van der Waals surface area contributed by atoms with Gasteiger partial charge in [0, 0.05) is 5.69 Å². The average Bonchev–Trinajstić information content (AvgIpc) is 2.46. The monoisotopic (exact) mass is 287 g/mol. The molecule has 0 aliphatic heterocycles. The lowest BCUT2D eigenvalue weighted by Gasteiger charge is -2.30. The average molecular weight is 287 g/mol. The summed E-state index contributed by atoms with van der Waals surface area (Å²) in [5.74, 6) is -1.20. The van der Waals surface area contributed by atoms with Gasteiger partial charge in [0.15, 0.2) is 0 Å². The highest BCUT2D eigenvalue weighted by molar-refractivity contribution is 5.74.